The van der Waals surface area contributed by atoms with Gasteiger partial charge in [-0.25, -0.2) is 8.42 Å². The Labute approximate surface area is 157 Å². The first-order chi connectivity index (χ1) is 12.1. The van der Waals surface area contributed by atoms with Gasteiger partial charge < -0.3 is 4.90 Å². The fraction of sp³-hybridized carbons (Fsp3) is 0.632. The van der Waals surface area contributed by atoms with Crippen LogP contribution in [-0.4, -0.2) is 74.7 Å². The molecule has 1 aromatic rings. The molecule has 7 heteroatoms. The van der Waals surface area contributed by atoms with E-state index in [1.165, 1.54) is 7.05 Å². The first-order valence-electron chi connectivity index (χ1n) is 9.15. The average molecular weight is 382 g/mol. The summed E-state index contributed by atoms with van der Waals surface area (Å²) in [5.41, 5.74) is 1.97. The number of carbonyl (C=O) groups excluding carboxylic acids is 1. The zero-order valence-electron chi connectivity index (χ0n) is 16.5. The quantitative estimate of drug-likeness (QED) is 0.753. The van der Waals surface area contributed by atoms with Crippen molar-refractivity contribution >= 4 is 15.9 Å². The van der Waals surface area contributed by atoms with E-state index in [0.29, 0.717) is 19.0 Å². The first kappa shape index (κ1) is 20.9. The summed E-state index contributed by atoms with van der Waals surface area (Å²) in [5.74, 6) is 0.468. The van der Waals surface area contributed by atoms with Crippen molar-refractivity contribution in [2.24, 2.45) is 5.92 Å². The Morgan fingerprint density at radius 3 is 2.27 bits per heavy atom. The standard InChI is InChI=1S/C19H31N3O3S/c1-15(2)13-21-8-10-22(11-9-21)19(23)14-20(5)26(24,25)18-7-6-16(3)17(4)12-18/h6-7,12,15H,8-11,13-14H2,1-5H3. The number of benzene rings is 1. The smallest absolute Gasteiger partial charge is 0.243 e. The van der Waals surface area contributed by atoms with Gasteiger partial charge in [0.1, 0.15) is 0 Å². The molecule has 1 amide bonds. The molecule has 6 nitrogen and oxygen atoms in total. The molecule has 1 fully saturated rings. The third-order valence-corrected chi connectivity index (χ3v) is 6.69. The Kier molecular flexibility index (Phi) is 6.82. The number of likely N-dealkylation sites (N-methyl/N-ethyl adjacent to an activating group) is 1. The number of piperazine rings is 1. The lowest BCUT2D eigenvalue weighted by atomic mass is 10.1. The largest absolute Gasteiger partial charge is 0.339 e. The normalized spacial score (nSPS) is 16.5. The monoisotopic (exact) mass is 381 g/mol. The fourth-order valence-electron chi connectivity index (χ4n) is 3.13. The third kappa shape index (κ3) is 5.05. The predicted molar refractivity (Wildman–Crippen MR) is 104 cm³/mol. The van der Waals surface area contributed by atoms with Gasteiger partial charge in [0.2, 0.25) is 15.9 Å². The Bertz CT molecular complexity index is 738. The second-order valence-electron chi connectivity index (χ2n) is 7.58. The van der Waals surface area contributed by atoms with Crippen molar-refractivity contribution in [1.82, 2.24) is 14.1 Å². The van der Waals surface area contributed by atoms with Crippen LogP contribution in [0, 0.1) is 19.8 Å². The highest BCUT2D eigenvalue weighted by molar-refractivity contribution is 7.89. The molecule has 2 rings (SSSR count). The van der Waals surface area contributed by atoms with E-state index in [2.05, 4.69) is 18.7 Å². The molecule has 0 aromatic heterocycles. The molecule has 1 saturated heterocycles. The molecule has 0 radical (unpaired) electrons. The van der Waals surface area contributed by atoms with Crippen LogP contribution in [0.25, 0.3) is 0 Å². The van der Waals surface area contributed by atoms with Gasteiger partial charge in [-0.1, -0.05) is 19.9 Å². The van der Waals surface area contributed by atoms with Crippen LogP contribution in [0.5, 0.6) is 0 Å². The van der Waals surface area contributed by atoms with E-state index in [1.807, 2.05) is 13.8 Å². The van der Waals surface area contributed by atoms with Crippen LogP contribution in [0.15, 0.2) is 23.1 Å². The van der Waals surface area contributed by atoms with Crippen LogP contribution < -0.4 is 0 Å². The second-order valence-corrected chi connectivity index (χ2v) is 9.63. The van der Waals surface area contributed by atoms with E-state index in [9.17, 15) is 13.2 Å². The molecular formula is C19H31N3O3S. The van der Waals surface area contributed by atoms with E-state index in [1.54, 1.807) is 23.1 Å². The van der Waals surface area contributed by atoms with Crippen LogP contribution in [0.2, 0.25) is 0 Å². The summed E-state index contributed by atoms with van der Waals surface area (Å²) in [6.45, 7) is 12.1. The van der Waals surface area contributed by atoms with Crippen molar-refractivity contribution in [2.45, 2.75) is 32.6 Å². The number of hydrogen-bond acceptors (Lipinski definition) is 4. The van der Waals surface area contributed by atoms with Gasteiger partial charge in [-0.2, -0.15) is 4.31 Å². The number of aryl methyl sites for hydroxylation is 2. The van der Waals surface area contributed by atoms with Crippen LogP contribution in [0.3, 0.4) is 0 Å². The van der Waals surface area contributed by atoms with Gasteiger partial charge in [0.15, 0.2) is 0 Å². The van der Waals surface area contributed by atoms with Gasteiger partial charge in [-0.15, -0.1) is 0 Å². The molecule has 0 N–H and O–H groups in total. The summed E-state index contributed by atoms with van der Waals surface area (Å²) >= 11 is 0. The molecule has 0 bridgehead atoms. The summed E-state index contributed by atoms with van der Waals surface area (Å²) in [7, 11) is -2.19. The summed E-state index contributed by atoms with van der Waals surface area (Å²) < 4.78 is 26.6. The van der Waals surface area contributed by atoms with Crippen LogP contribution in [-0.2, 0) is 14.8 Å². The minimum atomic E-state index is -3.66. The third-order valence-electron chi connectivity index (χ3n) is 4.89. The Hall–Kier alpha value is -1.44. The average Bonchev–Trinajstić information content (AvgIpc) is 2.57. The topological polar surface area (TPSA) is 60.9 Å². The molecule has 0 aliphatic carbocycles. The molecule has 26 heavy (non-hydrogen) atoms. The number of nitrogens with zero attached hydrogens (tertiary/aromatic N) is 3. The molecule has 146 valence electrons. The fourth-order valence-corrected chi connectivity index (χ4v) is 4.33. The zero-order chi connectivity index (χ0) is 19.5. The van der Waals surface area contributed by atoms with Crippen molar-refractivity contribution < 1.29 is 13.2 Å². The van der Waals surface area contributed by atoms with E-state index in [4.69, 9.17) is 0 Å². The maximum absolute atomic E-state index is 12.7. The molecule has 0 saturated carbocycles. The number of hydrogen-bond donors (Lipinski definition) is 0. The Morgan fingerprint density at radius 2 is 1.73 bits per heavy atom. The van der Waals surface area contributed by atoms with Crippen molar-refractivity contribution in [2.75, 3.05) is 46.3 Å². The van der Waals surface area contributed by atoms with Gasteiger partial charge in [0, 0.05) is 39.8 Å². The molecule has 1 aliphatic heterocycles. The lowest BCUT2D eigenvalue weighted by Crippen LogP contribution is -2.51. The molecule has 1 aliphatic rings. The number of rotatable bonds is 6. The summed E-state index contributed by atoms with van der Waals surface area (Å²) in [4.78, 5) is 16.9. The highest BCUT2D eigenvalue weighted by atomic mass is 32.2. The van der Waals surface area contributed by atoms with E-state index < -0.39 is 10.0 Å². The van der Waals surface area contributed by atoms with Crippen molar-refractivity contribution in [3.05, 3.63) is 29.3 Å². The van der Waals surface area contributed by atoms with Crippen LogP contribution >= 0.6 is 0 Å². The maximum Gasteiger partial charge on any atom is 0.243 e. The lowest BCUT2D eigenvalue weighted by Gasteiger charge is -2.36. The van der Waals surface area contributed by atoms with Gasteiger partial charge >= 0.3 is 0 Å². The molecule has 0 atom stereocenters. The van der Waals surface area contributed by atoms with Crippen LogP contribution in [0.1, 0.15) is 25.0 Å². The lowest BCUT2D eigenvalue weighted by molar-refractivity contribution is -0.133. The number of amides is 1. The van der Waals surface area contributed by atoms with Crippen molar-refractivity contribution in [1.29, 1.82) is 0 Å². The summed E-state index contributed by atoms with van der Waals surface area (Å²) in [5, 5.41) is 0. The summed E-state index contributed by atoms with van der Waals surface area (Å²) in [6.07, 6.45) is 0. The van der Waals surface area contributed by atoms with Gasteiger partial charge in [0.25, 0.3) is 0 Å². The Morgan fingerprint density at radius 1 is 1.12 bits per heavy atom. The minimum absolute atomic E-state index is 0.126. The van der Waals surface area contributed by atoms with Gasteiger partial charge in [-0.05, 0) is 43.0 Å². The highest BCUT2D eigenvalue weighted by Crippen LogP contribution is 2.18. The van der Waals surface area contributed by atoms with Gasteiger partial charge in [0.05, 0.1) is 11.4 Å². The SMILES string of the molecule is Cc1ccc(S(=O)(=O)N(C)CC(=O)N2CCN(CC(C)C)CC2)cc1C. The van der Waals surface area contributed by atoms with E-state index in [-0.39, 0.29) is 17.3 Å². The van der Waals surface area contributed by atoms with Crippen LogP contribution in [0.4, 0.5) is 0 Å². The maximum atomic E-state index is 12.7. The van der Waals surface area contributed by atoms with E-state index >= 15 is 0 Å². The second kappa shape index (κ2) is 8.50. The van der Waals surface area contributed by atoms with Gasteiger partial charge in [-0.3, -0.25) is 9.69 Å². The van der Waals surface area contributed by atoms with Crippen molar-refractivity contribution in [3.63, 3.8) is 0 Å². The number of sulfonamides is 1. The highest BCUT2D eigenvalue weighted by Gasteiger charge is 2.27. The Balaban J connectivity index is 1.97. The van der Waals surface area contributed by atoms with E-state index in [0.717, 1.165) is 35.1 Å². The van der Waals surface area contributed by atoms with Crippen molar-refractivity contribution in [3.8, 4) is 0 Å². The zero-order valence-corrected chi connectivity index (χ0v) is 17.3. The first-order valence-corrected chi connectivity index (χ1v) is 10.6. The molecule has 1 aromatic carbocycles. The molecule has 1 heterocycles. The summed E-state index contributed by atoms with van der Waals surface area (Å²) in [6, 6.07) is 5.06. The molecule has 0 unspecified atom stereocenters. The molecular weight excluding hydrogens is 350 g/mol. The molecule has 0 spiro atoms. The minimum Gasteiger partial charge on any atom is -0.339 e. The number of carbonyl (C=O) groups is 1. The predicted octanol–water partition coefficient (Wildman–Crippen LogP) is 1.72.